The van der Waals surface area contributed by atoms with Crippen LogP contribution in [-0.4, -0.2) is 17.6 Å². The van der Waals surface area contributed by atoms with Gasteiger partial charge in [-0.2, -0.15) is 0 Å². The highest BCUT2D eigenvalue weighted by Gasteiger charge is 2.19. The number of halogens is 1. The number of carbonyl (C=O) groups is 1. The fourth-order valence-electron chi connectivity index (χ4n) is 1.52. The van der Waals surface area contributed by atoms with Crippen molar-refractivity contribution in [3.8, 4) is 5.75 Å². The van der Waals surface area contributed by atoms with Crippen molar-refractivity contribution in [1.82, 2.24) is 10.6 Å². The minimum atomic E-state index is -0.229. The van der Waals surface area contributed by atoms with E-state index < -0.39 is 0 Å². The van der Waals surface area contributed by atoms with Gasteiger partial charge >= 0.3 is 0 Å². The third kappa shape index (κ3) is 3.42. The molecule has 1 aliphatic rings. The van der Waals surface area contributed by atoms with Crippen LogP contribution >= 0.6 is 28.1 Å². The molecule has 0 aliphatic carbocycles. The Morgan fingerprint density at radius 3 is 2.79 bits per heavy atom. The van der Waals surface area contributed by atoms with Gasteiger partial charge in [0.2, 0.25) is 0 Å². The summed E-state index contributed by atoms with van der Waals surface area (Å²) in [5.41, 5.74) is 1.29. The van der Waals surface area contributed by atoms with Crippen LogP contribution in [0.15, 0.2) is 41.0 Å². The first kappa shape index (κ1) is 13.8. The van der Waals surface area contributed by atoms with Crippen LogP contribution in [0.2, 0.25) is 0 Å². The lowest BCUT2D eigenvalue weighted by atomic mass is 10.2. The molecule has 1 fully saturated rings. The summed E-state index contributed by atoms with van der Waals surface area (Å²) in [5, 5.41) is 5.62. The largest absolute Gasteiger partial charge is 0.488 e. The van der Waals surface area contributed by atoms with E-state index >= 15 is 0 Å². The van der Waals surface area contributed by atoms with Gasteiger partial charge in [-0.3, -0.25) is 10.1 Å². The fraction of sp³-hybridized carbons (Fsp3) is 0.0769. The van der Waals surface area contributed by atoms with Crippen LogP contribution in [0.1, 0.15) is 5.56 Å². The van der Waals surface area contributed by atoms with Gasteiger partial charge in [0.1, 0.15) is 18.1 Å². The molecule has 19 heavy (non-hydrogen) atoms. The molecular weight excluding hydrogens is 328 g/mol. The van der Waals surface area contributed by atoms with E-state index in [1.807, 2.05) is 18.2 Å². The zero-order valence-electron chi connectivity index (χ0n) is 9.90. The van der Waals surface area contributed by atoms with Gasteiger partial charge in [-0.05, 0) is 51.9 Å². The Morgan fingerprint density at radius 2 is 2.21 bits per heavy atom. The van der Waals surface area contributed by atoms with Crippen LogP contribution < -0.4 is 15.4 Å². The molecule has 1 aromatic rings. The van der Waals surface area contributed by atoms with Crippen LogP contribution in [0.3, 0.4) is 0 Å². The molecule has 1 aromatic carbocycles. The van der Waals surface area contributed by atoms with Gasteiger partial charge < -0.3 is 10.1 Å². The number of ether oxygens (including phenoxy) is 1. The highest BCUT2D eigenvalue weighted by molar-refractivity contribution is 9.10. The molecule has 1 saturated heterocycles. The monoisotopic (exact) mass is 338 g/mol. The zero-order valence-corrected chi connectivity index (χ0v) is 12.3. The van der Waals surface area contributed by atoms with Crippen LogP contribution in [0.5, 0.6) is 5.75 Å². The van der Waals surface area contributed by atoms with Crippen molar-refractivity contribution in [2.75, 3.05) is 6.61 Å². The minimum Gasteiger partial charge on any atom is -0.488 e. The quantitative estimate of drug-likeness (QED) is 0.502. The Balaban J connectivity index is 2.20. The van der Waals surface area contributed by atoms with Gasteiger partial charge in [-0.15, -0.1) is 0 Å². The van der Waals surface area contributed by atoms with Crippen molar-refractivity contribution in [3.05, 3.63) is 46.6 Å². The van der Waals surface area contributed by atoms with E-state index in [0.717, 1.165) is 15.8 Å². The van der Waals surface area contributed by atoms with E-state index in [1.165, 1.54) is 0 Å². The van der Waals surface area contributed by atoms with Gasteiger partial charge in [-0.1, -0.05) is 18.7 Å². The first-order chi connectivity index (χ1) is 9.10. The number of hydrogen-bond acceptors (Lipinski definition) is 3. The highest BCUT2D eigenvalue weighted by atomic mass is 79.9. The smallest absolute Gasteiger partial charge is 0.273 e. The predicted octanol–water partition coefficient (Wildman–Crippen LogP) is 2.36. The van der Waals surface area contributed by atoms with E-state index in [0.29, 0.717) is 17.4 Å². The lowest BCUT2D eigenvalue weighted by molar-refractivity contribution is -0.115. The molecule has 0 aromatic heterocycles. The number of amides is 1. The molecule has 98 valence electrons. The summed E-state index contributed by atoms with van der Waals surface area (Å²) in [7, 11) is 0. The predicted molar refractivity (Wildman–Crippen MR) is 81.7 cm³/mol. The van der Waals surface area contributed by atoms with Crippen LogP contribution in [0.25, 0.3) is 6.08 Å². The van der Waals surface area contributed by atoms with Crippen molar-refractivity contribution < 1.29 is 9.53 Å². The van der Waals surface area contributed by atoms with Crippen molar-refractivity contribution in [1.29, 1.82) is 0 Å². The van der Waals surface area contributed by atoms with Gasteiger partial charge in [0.25, 0.3) is 5.91 Å². The number of rotatable bonds is 4. The first-order valence-corrected chi connectivity index (χ1v) is 6.67. The van der Waals surface area contributed by atoms with E-state index in [9.17, 15) is 4.79 Å². The molecule has 0 unspecified atom stereocenters. The summed E-state index contributed by atoms with van der Waals surface area (Å²) in [4.78, 5) is 11.5. The van der Waals surface area contributed by atoms with Crippen molar-refractivity contribution in [3.63, 3.8) is 0 Å². The summed E-state index contributed by atoms with van der Waals surface area (Å²) in [6.07, 6.45) is 3.40. The Hall–Kier alpha value is -1.66. The first-order valence-electron chi connectivity index (χ1n) is 5.47. The lowest BCUT2D eigenvalue weighted by Gasteiger charge is -2.06. The van der Waals surface area contributed by atoms with E-state index in [-0.39, 0.29) is 5.91 Å². The summed E-state index contributed by atoms with van der Waals surface area (Å²) >= 11 is 8.28. The molecule has 6 heteroatoms. The number of benzene rings is 1. The van der Waals surface area contributed by atoms with Crippen molar-refractivity contribution in [2.45, 2.75) is 0 Å². The van der Waals surface area contributed by atoms with Gasteiger partial charge in [-0.25, -0.2) is 0 Å². The summed E-state index contributed by atoms with van der Waals surface area (Å²) < 4.78 is 6.26. The fourth-order valence-corrected chi connectivity index (χ4v) is 2.24. The van der Waals surface area contributed by atoms with Gasteiger partial charge in [0.05, 0.1) is 4.47 Å². The third-order valence-electron chi connectivity index (χ3n) is 2.34. The number of nitrogens with one attached hydrogen (secondary N) is 2. The summed E-state index contributed by atoms with van der Waals surface area (Å²) in [5.74, 6) is 0.495. The molecule has 0 saturated carbocycles. The standard InChI is InChI=1S/C13H11BrN2O2S/c1-2-5-18-11-4-3-8(6-9(11)14)7-10-12(17)16-13(19)15-10/h2-4,6-7H,1,5H2,(H2,15,16,17,19)/b10-7-. The van der Waals surface area contributed by atoms with Crippen LogP contribution in [0.4, 0.5) is 0 Å². The SMILES string of the molecule is C=CCOc1ccc(/C=C2\NC(=S)NC2=O)cc1Br. The number of carbonyl (C=O) groups excluding carboxylic acids is 1. The van der Waals surface area contributed by atoms with E-state index in [4.69, 9.17) is 17.0 Å². The second-order valence-corrected chi connectivity index (χ2v) is 5.02. The van der Waals surface area contributed by atoms with Crippen molar-refractivity contribution >= 4 is 45.2 Å². The Bertz CT molecular complexity index is 584. The van der Waals surface area contributed by atoms with Crippen LogP contribution in [0, 0.1) is 0 Å². The molecule has 2 rings (SSSR count). The average molecular weight is 339 g/mol. The zero-order chi connectivity index (χ0) is 13.8. The van der Waals surface area contributed by atoms with Gasteiger partial charge in [0.15, 0.2) is 5.11 Å². The number of thiocarbonyl (C=S) groups is 1. The maximum Gasteiger partial charge on any atom is 0.273 e. The summed E-state index contributed by atoms with van der Waals surface area (Å²) in [6, 6.07) is 5.54. The molecular formula is C13H11BrN2O2S. The second kappa shape index (κ2) is 5.99. The highest BCUT2D eigenvalue weighted by Crippen LogP contribution is 2.27. The van der Waals surface area contributed by atoms with Crippen LogP contribution in [-0.2, 0) is 4.79 Å². The molecule has 0 radical (unpaired) electrons. The molecule has 2 N–H and O–H groups in total. The summed E-state index contributed by atoms with van der Waals surface area (Å²) in [6.45, 7) is 4.03. The maximum atomic E-state index is 11.5. The molecule has 4 nitrogen and oxygen atoms in total. The van der Waals surface area contributed by atoms with Gasteiger partial charge in [0, 0.05) is 0 Å². The Labute approximate surface area is 124 Å². The topological polar surface area (TPSA) is 50.4 Å². The Morgan fingerprint density at radius 1 is 1.42 bits per heavy atom. The number of hydrogen-bond donors (Lipinski definition) is 2. The molecule has 0 bridgehead atoms. The van der Waals surface area contributed by atoms with E-state index in [1.54, 1.807) is 12.2 Å². The molecule has 1 amide bonds. The molecule has 1 aliphatic heterocycles. The maximum absolute atomic E-state index is 11.5. The normalized spacial score (nSPS) is 16.2. The third-order valence-corrected chi connectivity index (χ3v) is 3.17. The average Bonchev–Trinajstić information content (AvgIpc) is 2.67. The van der Waals surface area contributed by atoms with E-state index in [2.05, 4.69) is 33.1 Å². The molecule has 0 spiro atoms. The van der Waals surface area contributed by atoms with Crippen molar-refractivity contribution in [2.24, 2.45) is 0 Å². The lowest BCUT2D eigenvalue weighted by Crippen LogP contribution is -2.21. The minimum absolute atomic E-state index is 0.229. The second-order valence-electron chi connectivity index (χ2n) is 3.76. The molecule has 1 heterocycles. The molecule has 0 atom stereocenters. The Kier molecular flexibility index (Phi) is 4.34.